The lowest BCUT2D eigenvalue weighted by atomic mass is 10.2. The van der Waals surface area contributed by atoms with Gasteiger partial charge in [-0.15, -0.1) is 0 Å². The minimum absolute atomic E-state index is 0.248. The van der Waals surface area contributed by atoms with Crippen molar-refractivity contribution in [1.29, 1.82) is 0 Å². The van der Waals surface area contributed by atoms with Gasteiger partial charge in [0.05, 0.1) is 0 Å². The number of rotatable bonds is 2. The number of benzene rings is 1. The third-order valence-corrected chi connectivity index (χ3v) is 1.50. The molecule has 0 aliphatic heterocycles. The van der Waals surface area contributed by atoms with Gasteiger partial charge in [-0.1, -0.05) is 0 Å². The number of nitrogens with one attached hydrogen (secondary N) is 1. The molecule has 0 heterocycles. The molecule has 0 aliphatic carbocycles. The van der Waals surface area contributed by atoms with Crippen LogP contribution in [0.2, 0.25) is 0 Å². The molecule has 0 aromatic heterocycles. The van der Waals surface area contributed by atoms with Gasteiger partial charge in [0.15, 0.2) is 0 Å². The molecule has 0 saturated carbocycles. The molecule has 0 saturated heterocycles. The van der Waals surface area contributed by atoms with E-state index in [0.29, 0.717) is 6.54 Å². The smallest absolute Gasteiger partial charge is 0.117 e. The Morgan fingerprint density at radius 2 is 2.18 bits per heavy atom. The van der Waals surface area contributed by atoms with Gasteiger partial charge in [-0.05, 0) is 17.7 Å². The van der Waals surface area contributed by atoms with E-state index in [1.807, 2.05) is 6.07 Å². The molecule has 3 nitrogen and oxygen atoms in total. The molecule has 1 aromatic rings. The average Bonchev–Trinajstić information content (AvgIpc) is 2.03. The van der Waals surface area contributed by atoms with Gasteiger partial charge in [-0.2, -0.15) is 0 Å². The molecule has 1 aromatic carbocycles. The number of hydrogen-bond donors (Lipinski definition) is 3. The van der Waals surface area contributed by atoms with Crippen LogP contribution in [0.5, 0.6) is 5.75 Å². The quantitative estimate of drug-likeness (QED) is 0.590. The summed E-state index contributed by atoms with van der Waals surface area (Å²) in [6.07, 6.45) is 0. The lowest BCUT2D eigenvalue weighted by Gasteiger charge is -2.03. The molecule has 0 aliphatic rings. The van der Waals surface area contributed by atoms with Crippen LogP contribution in [-0.2, 0) is 6.54 Å². The summed E-state index contributed by atoms with van der Waals surface area (Å²) >= 11 is 0. The first-order chi connectivity index (χ1) is 5.26. The minimum Gasteiger partial charge on any atom is -0.508 e. The summed E-state index contributed by atoms with van der Waals surface area (Å²) < 4.78 is 0. The van der Waals surface area contributed by atoms with Crippen LogP contribution in [-0.4, -0.2) is 12.2 Å². The summed E-state index contributed by atoms with van der Waals surface area (Å²) in [6.45, 7) is 0.448. The molecule has 0 bridgehead atoms. The molecule has 1 rings (SSSR count). The van der Waals surface area contributed by atoms with Crippen LogP contribution in [0.1, 0.15) is 5.56 Å². The van der Waals surface area contributed by atoms with Crippen molar-refractivity contribution >= 4 is 5.69 Å². The van der Waals surface area contributed by atoms with E-state index in [1.54, 1.807) is 19.2 Å². The van der Waals surface area contributed by atoms with E-state index in [9.17, 15) is 0 Å². The Morgan fingerprint density at radius 3 is 2.73 bits per heavy atom. The van der Waals surface area contributed by atoms with Gasteiger partial charge in [-0.3, -0.25) is 0 Å². The Labute approximate surface area is 65.8 Å². The summed E-state index contributed by atoms with van der Waals surface area (Å²) in [5.74, 6) is 0.248. The van der Waals surface area contributed by atoms with E-state index >= 15 is 0 Å². The Hall–Kier alpha value is -1.22. The standard InChI is InChI=1S/C8H12N2O/c1-10-7-2-6(5-9)3-8(11)4-7/h2-4,10-11H,5,9H2,1H3. The normalized spacial score (nSPS) is 9.64. The Balaban J connectivity index is 3.02. The zero-order valence-corrected chi connectivity index (χ0v) is 6.46. The zero-order chi connectivity index (χ0) is 8.27. The topological polar surface area (TPSA) is 58.3 Å². The highest BCUT2D eigenvalue weighted by Gasteiger charge is 1.95. The third kappa shape index (κ3) is 1.85. The van der Waals surface area contributed by atoms with Crippen LogP contribution < -0.4 is 11.1 Å². The molecule has 0 amide bonds. The van der Waals surface area contributed by atoms with Crippen molar-refractivity contribution < 1.29 is 5.11 Å². The molecule has 0 spiro atoms. The second kappa shape index (κ2) is 3.25. The van der Waals surface area contributed by atoms with Gasteiger partial charge in [-0.25, -0.2) is 0 Å². The van der Waals surface area contributed by atoms with Crippen molar-refractivity contribution in [3.8, 4) is 5.75 Å². The van der Waals surface area contributed by atoms with Crippen LogP contribution in [0.25, 0.3) is 0 Å². The first-order valence-corrected chi connectivity index (χ1v) is 3.47. The largest absolute Gasteiger partial charge is 0.508 e. The fourth-order valence-electron chi connectivity index (χ4n) is 0.936. The number of aromatic hydroxyl groups is 1. The minimum atomic E-state index is 0.248. The highest BCUT2D eigenvalue weighted by Crippen LogP contribution is 2.18. The van der Waals surface area contributed by atoms with Crippen LogP contribution >= 0.6 is 0 Å². The zero-order valence-electron chi connectivity index (χ0n) is 6.46. The number of nitrogens with two attached hydrogens (primary N) is 1. The van der Waals surface area contributed by atoms with E-state index in [1.165, 1.54) is 0 Å². The monoisotopic (exact) mass is 152 g/mol. The predicted molar refractivity (Wildman–Crippen MR) is 45.5 cm³/mol. The number of phenolic OH excluding ortho intramolecular Hbond substituents is 1. The molecule has 11 heavy (non-hydrogen) atoms. The number of anilines is 1. The molecule has 0 radical (unpaired) electrons. The maximum atomic E-state index is 9.16. The molecule has 0 atom stereocenters. The molecular weight excluding hydrogens is 140 g/mol. The van der Waals surface area contributed by atoms with E-state index in [-0.39, 0.29) is 5.75 Å². The number of phenols is 1. The van der Waals surface area contributed by atoms with Gasteiger partial charge in [0.2, 0.25) is 0 Å². The van der Waals surface area contributed by atoms with Crippen LogP contribution in [0.4, 0.5) is 5.69 Å². The van der Waals surface area contributed by atoms with Gasteiger partial charge >= 0.3 is 0 Å². The first kappa shape index (κ1) is 7.88. The van der Waals surface area contributed by atoms with Crippen molar-refractivity contribution in [2.24, 2.45) is 5.73 Å². The maximum Gasteiger partial charge on any atom is 0.117 e. The highest BCUT2D eigenvalue weighted by atomic mass is 16.3. The van der Waals surface area contributed by atoms with Crippen LogP contribution in [0.15, 0.2) is 18.2 Å². The van der Waals surface area contributed by atoms with Gasteiger partial charge in [0.25, 0.3) is 0 Å². The van der Waals surface area contributed by atoms with Crippen molar-refractivity contribution in [2.45, 2.75) is 6.54 Å². The summed E-state index contributed by atoms with van der Waals surface area (Å²) in [7, 11) is 1.80. The molecule has 4 N–H and O–H groups in total. The lowest BCUT2D eigenvalue weighted by Crippen LogP contribution is -1.97. The Kier molecular flexibility index (Phi) is 2.33. The molecular formula is C8H12N2O. The molecule has 60 valence electrons. The summed E-state index contributed by atoms with van der Waals surface area (Å²) in [5, 5.41) is 12.1. The second-order valence-corrected chi connectivity index (χ2v) is 2.34. The van der Waals surface area contributed by atoms with E-state index in [2.05, 4.69) is 5.32 Å². The second-order valence-electron chi connectivity index (χ2n) is 2.34. The maximum absolute atomic E-state index is 9.16. The van der Waals surface area contributed by atoms with Crippen molar-refractivity contribution in [1.82, 2.24) is 0 Å². The molecule has 0 unspecified atom stereocenters. The van der Waals surface area contributed by atoms with Crippen molar-refractivity contribution in [2.75, 3.05) is 12.4 Å². The highest BCUT2D eigenvalue weighted by molar-refractivity contribution is 5.50. The third-order valence-electron chi connectivity index (χ3n) is 1.50. The fourth-order valence-corrected chi connectivity index (χ4v) is 0.936. The van der Waals surface area contributed by atoms with Gasteiger partial charge in [0, 0.05) is 25.3 Å². The fraction of sp³-hybridized carbons (Fsp3) is 0.250. The Bertz CT molecular complexity index is 226. The van der Waals surface area contributed by atoms with Crippen LogP contribution in [0, 0.1) is 0 Å². The van der Waals surface area contributed by atoms with Crippen molar-refractivity contribution in [3.63, 3.8) is 0 Å². The summed E-state index contributed by atoms with van der Waals surface area (Å²) in [5.41, 5.74) is 7.21. The van der Waals surface area contributed by atoms with Gasteiger partial charge in [0.1, 0.15) is 5.75 Å². The molecule has 3 heteroatoms. The van der Waals surface area contributed by atoms with Crippen molar-refractivity contribution in [3.05, 3.63) is 23.8 Å². The van der Waals surface area contributed by atoms with E-state index in [4.69, 9.17) is 10.8 Å². The first-order valence-electron chi connectivity index (χ1n) is 3.47. The van der Waals surface area contributed by atoms with Gasteiger partial charge < -0.3 is 16.2 Å². The average molecular weight is 152 g/mol. The van der Waals surface area contributed by atoms with E-state index < -0.39 is 0 Å². The summed E-state index contributed by atoms with van der Waals surface area (Å²) in [6, 6.07) is 5.21. The predicted octanol–water partition coefficient (Wildman–Crippen LogP) is 0.893. The SMILES string of the molecule is CNc1cc(O)cc(CN)c1. The lowest BCUT2D eigenvalue weighted by molar-refractivity contribution is 0.475. The van der Waals surface area contributed by atoms with Crippen LogP contribution in [0.3, 0.4) is 0 Å². The Morgan fingerprint density at radius 1 is 1.45 bits per heavy atom. The number of hydrogen-bond acceptors (Lipinski definition) is 3. The summed E-state index contributed by atoms with van der Waals surface area (Å²) in [4.78, 5) is 0. The van der Waals surface area contributed by atoms with E-state index in [0.717, 1.165) is 11.3 Å². The molecule has 0 fully saturated rings.